The molecular weight excluding hydrogens is 276 g/mol. The molecule has 0 fully saturated rings. The second-order valence-electron chi connectivity index (χ2n) is 4.04. The summed E-state index contributed by atoms with van der Waals surface area (Å²) in [6, 6.07) is 2.99. The molecule has 0 aliphatic rings. The van der Waals surface area contributed by atoms with E-state index in [1.807, 2.05) is 0 Å². The molecule has 4 nitrogen and oxygen atoms in total. The maximum absolute atomic E-state index is 13.1. The molecule has 102 valence electrons. The zero-order valence-electron chi connectivity index (χ0n) is 9.74. The molecule has 0 aliphatic carbocycles. The summed E-state index contributed by atoms with van der Waals surface area (Å²) in [6.45, 7) is 0. The Hall–Kier alpha value is -2.51. The lowest BCUT2D eigenvalue weighted by atomic mass is 10.2. The van der Waals surface area contributed by atoms with Crippen molar-refractivity contribution in [2.24, 2.45) is 0 Å². The van der Waals surface area contributed by atoms with Crippen LogP contribution in [0.25, 0.3) is 22.4 Å². The van der Waals surface area contributed by atoms with Gasteiger partial charge in [0.2, 0.25) is 0 Å². The van der Waals surface area contributed by atoms with E-state index in [0.717, 1.165) is 18.2 Å². The Kier molecular flexibility index (Phi) is 2.85. The third kappa shape index (κ3) is 2.09. The fourth-order valence-corrected chi connectivity index (χ4v) is 1.76. The average Bonchev–Trinajstić information content (AvgIpc) is 2.82. The van der Waals surface area contributed by atoms with E-state index in [1.165, 1.54) is 6.20 Å². The van der Waals surface area contributed by atoms with E-state index in [-0.39, 0.29) is 22.4 Å². The van der Waals surface area contributed by atoms with Crippen LogP contribution in [0.15, 0.2) is 24.4 Å². The summed E-state index contributed by atoms with van der Waals surface area (Å²) in [5.41, 5.74) is 0.205. The Morgan fingerprint density at radius 1 is 1.05 bits per heavy atom. The topological polar surface area (TPSA) is 54.5 Å². The molecule has 0 spiro atoms. The van der Waals surface area contributed by atoms with Crippen LogP contribution in [-0.2, 0) is 0 Å². The number of nitrogens with one attached hydrogen (secondary N) is 1. The molecule has 0 atom stereocenters. The first-order valence-electron chi connectivity index (χ1n) is 5.50. The Labute approximate surface area is 109 Å². The highest BCUT2D eigenvalue weighted by atomic mass is 19.3. The summed E-state index contributed by atoms with van der Waals surface area (Å²) in [6.07, 6.45) is -1.53. The number of nitrogens with zero attached hydrogens (tertiary/aromatic N) is 3. The van der Waals surface area contributed by atoms with Gasteiger partial charge < -0.3 is 4.98 Å². The van der Waals surface area contributed by atoms with Crippen molar-refractivity contribution < 1.29 is 17.6 Å². The molecule has 20 heavy (non-hydrogen) atoms. The maximum Gasteiger partial charge on any atom is 0.282 e. The predicted octanol–water partition coefficient (Wildman–Crippen LogP) is 3.24. The number of H-pyrrole nitrogens is 1. The molecule has 1 aromatic carbocycles. The van der Waals surface area contributed by atoms with Crippen molar-refractivity contribution in [2.75, 3.05) is 0 Å². The number of imidazole rings is 1. The molecule has 0 saturated carbocycles. The van der Waals surface area contributed by atoms with Crippen LogP contribution in [0.2, 0.25) is 0 Å². The van der Waals surface area contributed by atoms with E-state index in [1.54, 1.807) is 0 Å². The monoisotopic (exact) mass is 282 g/mol. The molecular formula is C12H6F4N4. The lowest BCUT2D eigenvalue weighted by molar-refractivity contribution is 0.145. The van der Waals surface area contributed by atoms with Gasteiger partial charge >= 0.3 is 0 Å². The smallest absolute Gasteiger partial charge is 0.282 e. The van der Waals surface area contributed by atoms with Gasteiger partial charge in [-0.2, -0.15) is 5.10 Å². The van der Waals surface area contributed by atoms with Gasteiger partial charge in [0.05, 0.1) is 17.2 Å². The number of rotatable bonds is 2. The molecule has 8 heteroatoms. The van der Waals surface area contributed by atoms with Crippen molar-refractivity contribution in [1.82, 2.24) is 20.2 Å². The van der Waals surface area contributed by atoms with Gasteiger partial charge in [0, 0.05) is 17.7 Å². The van der Waals surface area contributed by atoms with Gasteiger partial charge in [0.25, 0.3) is 6.43 Å². The zero-order valence-corrected chi connectivity index (χ0v) is 9.74. The van der Waals surface area contributed by atoms with Crippen LogP contribution >= 0.6 is 0 Å². The van der Waals surface area contributed by atoms with Gasteiger partial charge in [0.15, 0.2) is 11.6 Å². The number of alkyl halides is 2. The van der Waals surface area contributed by atoms with Gasteiger partial charge in [-0.15, -0.1) is 5.10 Å². The summed E-state index contributed by atoms with van der Waals surface area (Å²) >= 11 is 0. The fraction of sp³-hybridized carbons (Fsp3) is 0.0833. The van der Waals surface area contributed by atoms with Gasteiger partial charge in [-0.05, 0) is 6.07 Å². The van der Waals surface area contributed by atoms with Gasteiger partial charge in [0.1, 0.15) is 11.5 Å². The van der Waals surface area contributed by atoms with Crippen molar-refractivity contribution in [3.05, 3.63) is 41.7 Å². The van der Waals surface area contributed by atoms with Gasteiger partial charge in [-0.25, -0.2) is 22.5 Å². The van der Waals surface area contributed by atoms with E-state index in [9.17, 15) is 17.6 Å². The summed E-state index contributed by atoms with van der Waals surface area (Å²) in [5.74, 6) is -1.87. The van der Waals surface area contributed by atoms with Crippen LogP contribution in [0.5, 0.6) is 0 Å². The SMILES string of the molecule is Fc1cc2nc(-c3cnnc(C(F)F)c3)[nH]c2cc1F. The molecule has 1 N–H and O–H groups in total. The summed E-state index contributed by atoms with van der Waals surface area (Å²) in [5, 5.41) is 6.73. The molecule has 3 rings (SSSR count). The van der Waals surface area contributed by atoms with E-state index in [0.29, 0.717) is 0 Å². The van der Waals surface area contributed by atoms with E-state index in [4.69, 9.17) is 0 Å². The standard InChI is InChI=1S/C12H6F4N4/c13-6-2-8-9(3-7(6)14)19-12(18-8)5-1-10(11(15)16)20-17-4-5/h1-4,11H,(H,18,19). The molecule has 0 radical (unpaired) electrons. The van der Waals surface area contributed by atoms with Gasteiger partial charge in [-0.1, -0.05) is 0 Å². The van der Waals surface area contributed by atoms with Crippen molar-refractivity contribution >= 4 is 11.0 Å². The number of halogens is 4. The highest BCUT2D eigenvalue weighted by molar-refractivity contribution is 5.79. The van der Waals surface area contributed by atoms with Crippen molar-refractivity contribution in [3.63, 3.8) is 0 Å². The highest BCUT2D eigenvalue weighted by Crippen LogP contribution is 2.24. The molecule has 0 aliphatic heterocycles. The minimum Gasteiger partial charge on any atom is -0.338 e. The van der Waals surface area contributed by atoms with Crippen LogP contribution < -0.4 is 0 Å². The third-order valence-electron chi connectivity index (χ3n) is 2.69. The van der Waals surface area contributed by atoms with Crippen molar-refractivity contribution in [3.8, 4) is 11.4 Å². The highest BCUT2D eigenvalue weighted by Gasteiger charge is 2.14. The molecule has 2 heterocycles. The number of hydrogen-bond acceptors (Lipinski definition) is 3. The Morgan fingerprint density at radius 3 is 2.55 bits per heavy atom. The maximum atomic E-state index is 13.1. The van der Waals surface area contributed by atoms with Crippen LogP contribution in [0.1, 0.15) is 12.1 Å². The molecule has 2 aromatic heterocycles. The number of aromatic nitrogens is 4. The van der Waals surface area contributed by atoms with Crippen LogP contribution in [0.4, 0.5) is 17.6 Å². The molecule has 0 saturated heterocycles. The van der Waals surface area contributed by atoms with Crippen LogP contribution in [-0.4, -0.2) is 20.2 Å². The third-order valence-corrected chi connectivity index (χ3v) is 2.69. The summed E-state index contributed by atoms with van der Waals surface area (Å²) in [4.78, 5) is 6.73. The minimum atomic E-state index is -2.76. The first-order valence-corrected chi connectivity index (χ1v) is 5.50. The average molecular weight is 282 g/mol. The molecule has 0 bridgehead atoms. The number of aromatic amines is 1. The quantitative estimate of drug-likeness (QED) is 0.734. The van der Waals surface area contributed by atoms with Crippen LogP contribution in [0.3, 0.4) is 0 Å². The minimum absolute atomic E-state index is 0.182. The predicted molar refractivity (Wildman–Crippen MR) is 62.0 cm³/mol. The Morgan fingerprint density at radius 2 is 1.80 bits per heavy atom. The van der Waals surface area contributed by atoms with Gasteiger partial charge in [-0.3, -0.25) is 0 Å². The van der Waals surface area contributed by atoms with E-state index < -0.39 is 23.8 Å². The molecule has 0 unspecified atom stereocenters. The lowest BCUT2D eigenvalue weighted by Gasteiger charge is -1.99. The lowest BCUT2D eigenvalue weighted by Crippen LogP contribution is -1.94. The normalized spacial score (nSPS) is 11.4. The molecule has 0 amide bonds. The second kappa shape index (κ2) is 4.55. The first kappa shape index (κ1) is 12.5. The summed E-state index contributed by atoms with van der Waals surface area (Å²) in [7, 11) is 0. The van der Waals surface area contributed by atoms with E-state index in [2.05, 4.69) is 20.2 Å². The van der Waals surface area contributed by atoms with Crippen LogP contribution in [0, 0.1) is 11.6 Å². The number of benzene rings is 1. The number of fused-ring (bicyclic) bond motifs is 1. The largest absolute Gasteiger partial charge is 0.338 e. The number of hydrogen-bond donors (Lipinski definition) is 1. The second-order valence-corrected chi connectivity index (χ2v) is 4.04. The first-order chi connectivity index (χ1) is 9.54. The zero-order chi connectivity index (χ0) is 14.3. The van der Waals surface area contributed by atoms with Crippen molar-refractivity contribution in [2.45, 2.75) is 6.43 Å². The van der Waals surface area contributed by atoms with E-state index >= 15 is 0 Å². The van der Waals surface area contributed by atoms with Crippen molar-refractivity contribution in [1.29, 1.82) is 0 Å². The summed E-state index contributed by atoms with van der Waals surface area (Å²) < 4.78 is 51.2. The fourth-order valence-electron chi connectivity index (χ4n) is 1.76. The Bertz CT molecular complexity index is 745. The molecule has 3 aromatic rings. The Balaban J connectivity index is 2.12.